The number of hydrogen-bond acceptors (Lipinski definition) is 4. The average Bonchev–Trinajstić information content (AvgIpc) is 2.31. The Hall–Kier alpha value is -2.17. The average molecular weight is 238 g/mol. The molecule has 0 aromatic heterocycles. The number of carbonyl (C=O) groups excluding carboxylic acids is 2. The molecule has 0 heterocycles. The number of esters is 1. The lowest BCUT2D eigenvalue weighted by Gasteiger charge is -2.02. The zero-order valence-corrected chi connectivity index (χ0v) is 9.36. The Balaban J connectivity index is 3.00. The highest BCUT2D eigenvalue weighted by Gasteiger charge is 2.13. The van der Waals surface area contributed by atoms with E-state index in [1.165, 1.54) is 19.1 Å². The molecule has 0 fully saturated rings. The Morgan fingerprint density at radius 1 is 1.41 bits per heavy atom. The highest BCUT2D eigenvalue weighted by molar-refractivity contribution is 6.39. The van der Waals surface area contributed by atoms with Crippen molar-refractivity contribution in [3.8, 4) is 0 Å². The van der Waals surface area contributed by atoms with Gasteiger partial charge in [-0.15, -0.1) is 0 Å². The molecule has 0 bridgehead atoms. The largest absolute Gasteiger partial charge is 0.507 e. The first-order valence-corrected chi connectivity index (χ1v) is 4.75. The topological polar surface area (TPSA) is 63.6 Å². The van der Waals surface area contributed by atoms with Gasteiger partial charge in [0.25, 0.3) is 5.78 Å². The fourth-order valence-electron chi connectivity index (χ4n) is 1.17. The summed E-state index contributed by atoms with van der Waals surface area (Å²) in [6.45, 7) is 1.52. The molecule has 1 N–H and O–H groups in total. The molecule has 0 saturated carbocycles. The van der Waals surface area contributed by atoms with Crippen LogP contribution in [-0.2, 0) is 14.3 Å². The zero-order valence-electron chi connectivity index (χ0n) is 9.36. The van der Waals surface area contributed by atoms with Gasteiger partial charge in [0.1, 0.15) is 11.6 Å². The second-order valence-electron chi connectivity index (χ2n) is 3.35. The van der Waals surface area contributed by atoms with Crippen LogP contribution in [0, 0.1) is 12.7 Å². The summed E-state index contributed by atoms with van der Waals surface area (Å²) in [6, 6.07) is 3.84. The summed E-state index contributed by atoms with van der Waals surface area (Å²) in [5.74, 6) is -2.88. The summed E-state index contributed by atoms with van der Waals surface area (Å²) in [7, 11) is 1.06. The highest BCUT2D eigenvalue weighted by atomic mass is 19.1. The van der Waals surface area contributed by atoms with E-state index >= 15 is 0 Å². The number of aliphatic hydroxyl groups is 1. The van der Waals surface area contributed by atoms with E-state index in [1.54, 1.807) is 0 Å². The standard InChI is InChI=1S/C12H11FO4/c1-7-5-8(3-4-9(7)13)10(14)6-11(15)12(16)17-2/h3-6,14H,1-2H3/b10-6-. The normalized spacial score (nSPS) is 11.1. The van der Waals surface area contributed by atoms with Gasteiger partial charge < -0.3 is 9.84 Å². The molecule has 1 rings (SSSR count). The van der Waals surface area contributed by atoms with Gasteiger partial charge in [0, 0.05) is 11.6 Å². The molecule has 17 heavy (non-hydrogen) atoms. The lowest BCUT2D eigenvalue weighted by molar-refractivity contribution is -0.149. The van der Waals surface area contributed by atoms with Crippen molar-refractivity contribution in [2.45, 2.75) is 6.92 Å². The molecule has 0 spiro atoms. The number of hydrogen-bond donors (Lipinski definition) is 1. The van der Waals surface area contributed by atoms with Crippen molar-refractivity contribution in [2.24, 2.45) is 0 Å². The summed E-state index contributed by atoms with van der Waals surface area (Å²) in [4.78, 5) is 21.9. The van der Waals surface area contributed by atoms with E-state index < -0.39 is 23.3 Å². The van der Waals surface area contributed by atoms with Gasteiger partial charge in [-0.25, -0.2) is 9.18 Å². The third kappa shape index (κ3) is 3.14. The van der Waals surface area contributed by atoms with Crippen LogP contribution in [0.3, 0.4) is 0 Å². The molecule has 0 saturated heterocycles. The first kappa shape index (κ1) is 12.9. The molecule has 5 heteroatoms. The Bertz CT molecular complexity index is 491. The van der Waals surface area contributed by atoms with E-state index in [0.717, 1.165) is 19.3 Å². The first-order valence-electron chi connectivity index (χ1n) is 4.75. The smallest absolute Gasteiger partial charge is 0.378 e. The maximum atomic E-state index is 13.0. The molecule has 0 radical (unpaired) electrons. The fraction of sp³-hybridized carbons (Fsp3) is 0.167. The van der Waals surface area contributed by atoms with Crippen molar-refractivity contribution in [2.75, 3.05) is 7.11 Å². The molecular weight excluding hydrogens is 227 g/mol. The van der Waals surface area contributed by atoms with Crippen molar-refractivity contribution in [1.29, 1.82) is 0 Å². The molecule has 1 aromatic carbocycles. The molecule has 4 nitrogen and oxygen atoms in total. The monoisotopic (exact) mass is 238 g/mol. The number of aliphatic hydroxyl groups excluding tert-OH is 1. The summed E-state index contributed by atoms with van der Waals surface area (Å²) >= 11 is 0. The fourth-order valence-corrected chi connectivity index (χ4v) is 1.17. The molecule has 0 aliphatic carbocycles. The number of rotatable bonds is 3. The van der Waals surface area contributed by atoms with Gasteiger partial charge >= 0.3 is 5.97 Å². The predicted octanol–water partition coefficient (Wildman–Crippen LogP) is 1.78. The maximum absolute atomic E-state index is 13.0. The van der Waals surface area contributed by atoms with Crippen LogP contribution in [0.5, 0.6) is 0 Å². The van der Waals surface area contributed by atoms with Crippen LogP contribution in [0.2, 0.25) is 0 Å². The van der Waals surface area contributed by atoms with E-state index in [4.69, 9.17) is 0 Å². The SMILES string of the molecule is COC(=O)C(=O)/C=C(\O)c1ccc(F)c(C)c1. The van der Waals surface area contributed by atoms with Gasteiger partial charge in [-0.1, -0.05) is 0 Å². The summed E-state index contributed by atoms with van der Waals surface area (Å²) in [5, 5.41) is 9.56. The van der Waals surface area contributed by atoms with Crippen molar-refractivity contribution in [3.63, 3.8) is 0 Å². The second-order valence-corrected chi connectivity index (χ2v) is 3.35. The van der Waals surface area contributed by atoms with Crippen LogP contribution in [0.25, 0.3) is 5.76 Å². The van der Waals surface area contributed by atoms with Crippen LogP contribution in [0.15, 0.2) is 24.3 Å². The van der Waals surface area contributed by atoms with E-state index in [9.17, 15) is 19.1 Å². The Kier molecular flexibility index (Phi) is 3.98. The van der Waals surface area contributed by atoms with Gasteiger partial charge in [-0.2, -0.15) is 0 Å². The predicted molar refractivity (Wildman–Crippen MR) is 58.8 cm³/mol. The van der Waals surface area contributed by atoms with Crippen LogP contribution in [0.4, 0.5) is 4.39 Å². The number of ketones is 1. The lowest BCUT2D eigenvalue weighted by Crippen LogP contribution is -2.13. The third-order valence-corrected chi connectivity index (χ3v) is 2.11. The van der Waals surface area contributed by atoms with Gasteiger partial charge in [0.2, 0.25) is 0 Å². The van der Waals surface area contributed by atoms with Crippen LogP contribution < -0.4 is 0 Å². The Morgan fingerprint density at radius 3 is 2.59 bits per heavy atom. The number of halogens is 1. The number of carbonyl (C=O) groups is 2. The molecule has 1 aromatic rings. The van der Waals surface area contributed by atoms with Gasteiger partial charge in [0.15, 0.2) is 0 Å². The third-order valence-electron chi connectivity index (χ3n) is 2.11. The van der Waals surface area contributed by atoms with E-state index in [-0.39, 0.29) is 5.56 Å². The van der Waals surface area contributed by atoms with Gasteiger partial charge in [-0.3, -0.25) is 4.79 Å². The number of benzene rings is 1. The number of methoxy groups -OCH3 is 1. The lowest BCUT2D eigenvalue weighted by atomic mass is 10.1. The van der Waals surface area contributed by atoms with E-state index in [2.05, 4.69) is 4.74 Å². The second kappa shape index (κ2) is 5.25. The molecule has 0 atom stereocenters. The molecule has 0 aliphatic rings. The zero-order chi connectivity index (χ0) is 13.0. The van der Waals surface area contributed by atoms with E-state index in [0.29, 0.717) is 5.56 Å². The maximum Gasteiger partial charge on any atom is 0.378 e. The summed E-state index contributed by atoms with van der Waals surface area (Å²) in [6.07, 6.45) is 0.735. The van der Waals surface area contributed by atoms with Crippen molar-refractivity contribution in [3.05, 3.63) is 41.2 Å². The number of aryl methyl sites for hydroxylation is 1. The molecule has 0 unspecified atom stereocenters. The Labute approximate surface area is 97.3 Å². The minimum Gasteiger partial charge on any atom is -0.507 e. The van der Waals surface area contributed by atoms with Crippen molar-refractivity contribution in [1.82, 2.24) is 0 Å². The molecule has 90 valence electrons. The van der Waals surface area contributed by atoms with Gasteiger partial charge in [0.05, 0.1) is 7.11 Å². The molecular formula is C12H11FO4. The van der Waals surface area contributed by atoms with Crippen molar-refractivity contribution >= 4 is 17.5 Å². The molecule has 0 amide bonds. The van der Waals surface area contributed by atoms with E-state index in [1.807, 2.05) is 0 Å². The summed E-state index contributed by atoms with van der Waals surface area (Å²) in [5.41, 5.74) is 0.578. The molecule has 0 aliphatic heterocycles. The highest BCUT2D eigenvalue weighted by Crippen LogP contribution is 2.15. The Morgan fingerprint density at radius 2 is 2.06 bits per heavy atom. The van der Waals surface area contributed by atoms with Crippen LogP contribution in [0.1, 0.15) is 11.1 Å². The number of ether oxygens (including phenoxy) is 1. The van der Waals surface area contributed by atoms with Crippen LogP contribution in [-0.4, -0.2) is 24.0 Å². The first-order chi connectivity index (χ1) is 7.95. The van der Waals surface area contributed by atoms with Crippen molar-refractivity contribution < 1.29 is 23.8 Å². The minimum atomic E-state index is -1.07. The quantitative estimate of drug-likeness (QED) is 0.377. The summed E-state index contributed by atoms with van der Waals surface area (Å²) < 4.78 is 17.2. The minimum absolute atomic E-state index is 0.251. The van der Waals surface area contributed by atoms with Crippen LogP contribution >= 0.6 is 0 Å². The van der Waals surface area contributed by atoms with Gasteiger partial charge in [-0.05, 0) is 30.7 Å².